The number of hydrogen-bond acceptors (Lipinski definition) is 7. The lowest BCUT2D eigenvalue weighted by atomic mass is 9.71. The Kier molecular flexibility index (Phi) is 8.43. The van der Waals surface area contributed by atoms with Gasteiger partial charge in [-0.3, -0.25) is 4.79 Å². The molecule has 0 bridgehead atoms. The molecule has 3 aromatic rings. The quantitative estimate of drug-likeness (QED) is 0.332. The third kappa shape index (κ3) is 5.71. The molecule has 41 heavy (non-hydrogen) atoms. The van der Waals surface area contributed by atoms with Crippen molar-refractivity contribution in [2.75, 3.05) is 27.9 Å². The summed E-state index contributed by atoms with van der Waals surface area (Å²) in [5, 5.41) is 3.42. The summed E-state index contributed by atoms with van der Waals surface area (Å²) >= 11 is 0. The summed E-state index contributed by atoms with van der Waals surface area (Å²) in [7, 11) is 4.77. The first kappa shape index (κ1) is 28.0. The highest BCUT2D eigenvalue weighted by Gasteiger charge is 2.42. The molecule has 7 heteroatoms. The zero-order valence-electron chi connectivity index (χ0n) is 23.9. The number of rotatable bonds is 9. The number of benzene rings is 3. The van der Waals surface area contributed by atoms with Crippen LogP contribution >= 0.6 is 0 Å². The van der Waals surface area contributed by atoms with Crippen molar-refractivity contribution in [1.82, 2.24) is 5.32 Å². The van der Waals surface area contributed by atoms with Gasteiger partial charge in [0.15, 0.2) is 17.3 Å². The number of para-hydroxylation sites is 1. The van der Waals surface area contributed by atoms with Crippen LogP contribution in [0.1, 0.15) is 48.3 Å². The highest BCUT2D eigenvalue weighted by molar-refractivity contribution is 6.04. The fourth-order valence-corrected chi connectivity index (χ4v) is 5.86. The first-order valence-corrected chi connectivity index (χ1v) is 13.7. The van der Waals surface area contributed by atoms with E-state index in [0.29, 0.717) is 53.2 Å². The fourth-order valence-electron chi connectivity index (χ4n) is 5.86. The van der Waals surface area contributed by atoms with Crippen molar-refractivity contribution < 1.29 is 28.5 Å². The van der Waals surface area contributed by atoms with E-state index in [1.807, 2.05) is 73.7 Å². The van der Waals surface area contributed by atoms with Gasteiger partial charge in [-0.05, 0) is 48.6 Å². The smallest absolute Gasteiger partial charge is 0.336 e. The van der Waals surface area contributed by atoms with Gasteiger partial charge in [-0.15, -0.1) is 0 Å². The average molecular weight is 554 g/mol. The van der Waals surface area contributed by atoms with E-state index in [0.717, 1.165) is 22.6 Å². The highest BCUT2D eigenvalue weighted by Crippen LogP contribution is 2.49. The Hall–Kier alpha value is -4.52. The second-order valence-electron chi connectivity index (χ2n) is 10.2. The normalized spacial score (nSPS) is 18.4. The average Bonchev–Trinajstić information content (AvgIpc) is 3.00. The molecule has 0 unspecified atom stereocenters. The molecule has 0 saturated carbocycles. The molecule has 5 rings (SSSR count). The Morgan fingerprint density at radius 3 is 2.32 bits per heavy atom. The lowest BCUT2D eigenvalue weighted by Crippen LogP contribution is -2.36. The summed E-state index contributed by atoms with van der Waals surface area (Å²) in [6, 6.07) is 23.2. The Morgan fingerprint density at radius 1 is 0.878 bits per heavy atom. The molecule has 1 aliphatic heterocycles. The third-order valence-electron chi connectivity index (χ3n) is 7.85. The monoisotopic (exact) mass is 553 g/mol. The van der Waals surface area contributed by atoms with Crippen molar-refractivity contribution in [2.24, 2.45) is 0 Å². The number of ether oxygens (including phenoxy) is 4. The zero-order chi connectivity index (χ0) is 28.9. The number of carbonyl (C=O) groups excluding carboxylic acids is 2. The number of ketones is 1. The third-order valence-corrected chi connectivity index (χ3v) is 7.85. The molecule has 7 nitrogen and oxygen atoms in total. The van der Waals surface area contributed by atoms with E-state index in [4.69, 9.17) is 18.9 Å². The van der Waals surface area contributed by atoms with E-state index in [1.54, 1.807) is 27.4 Å². The Morgan fingerprint density at radius 2 is 1.63 bits per heavy atom. The molecular formula is C34H35NO6. The largest absolute Gasteiger partial charge is 0.497 e. The van der Waals surface area contributed by atoms with Crippen LogP contribution in [0.3, 0.4) is 0 Å². The minimum absolute atomic E-state index is 0.000292. The van der Waals surface area contributed by atoms with Crippen molar-refractivity contribution in [1.29, 1.82) is 0 Å². The molecule has 0 saturated heterocycles. The van der Waals surface area contributed by atoms with Crippen LogP contribution in [0, 0.1) is 0 Å². The van der Waals surface area contributed by atoms with Gasteiger partial charge >= 0.3 is 5.97 Å². The maximum absolute atomic E-state index is 14.0. The van der Waals surface area contributed by atoms with Crippen LogP contribution in [0.5, 0.6) is 17.2 Å². The van der Waals surface area contributed by atoms with Crippen molar-refractivity contribution in [3.63, 3.8) is 0 Å². The lowest BCUT2D eigenvalue weighted by molar-refractivity contribution is -0.139. The van der Waals surface area contributed by atoms with Crippen LogP contribution in [-0.4, -0.2) is 39.7 Å². The molecule has 1 heterocycles. The van der Waals surface area contributed by atoms with Gasteiger partial charge in [0.2, 0.25) is 0 Å². The van der Waals surface area contributed by atoms with Crippen molar-refractivity contribution >= 4 is 11.8 Å². The van der Waals surface area contributed by atoms with E-state index in [2.05, 4.69) is 5.32 Å². The summed E-state index contributed by atoms with van der Waals surface area (Å²) in [4.78, 5) is 27.7. The molecule has 0 aromatic heterocycles. The molecule has 1 N–H and O–H groups in total. The number of allylic oxidation sites excluding steroid dienone is 3. The van der Waals surface area contributed by atoms with Crippen LogP contribution in [0.4, 0.5) is 0 Å². The van der Waals surface area contributed by atoms with Gasteiger partial charge in [-0.2, -0.15) is 0 Å². The first-order chi connectivity index (χ1) is 19.9. The van der Waals surface area contributed by atoms with Gasteiger partial charge in [0.25, 0.3) is 0 Å². The summed E-state index contributed by atoms with van der Waals surface area (Å²) in [5.41, 5.74) is 5.28. The molecule has 0 radical (unpaired) electrons. The SMILES string of the molecule is COc1ccc([C@@H]2CC(=O)C3=C(C2)NC(C)=C(C(=O)OCCc2ccccc2)[C@H]3c2cccc(OC)c2OC)cc1. The van der Waals surface area contributed by atoms with E-state index < -0.39 is 11.9 Å². The van der Waals surface area contributed by atoms with Crippen LogP contribution in [-0.2, 0) is 20.7 Å². The fraction of sp³-hybridized carbons (Fsp3) is 0.294. The summed E-state index contributed by atoms with van der Waals surface area (Å²) in [6.45, 7) is 2.08. The second kappa shape index (κ2) is 12.3. The molecular weight excluding hydrogens is 518 g/mol. The number of nitrogens with one attached hydrogen (secondary N) is 1. The number of methoxy groups -OCH3 is 3. The Labute approximate surface area is 240 Å². The Bertz CT molecular complexity index is 1490. The second-order valence-corrected chi connectivity index (χ2v) is 10.2. The van der Waals surface area contributed by atoms with Gasteiger partial charge < -0.3 is 24.3 Å². The van der Waals surface area contributed by atoms with Gasteiger partial charge in [-0.25, -0.2) is 4.79 Å². The molecule has 2 aliphatic rings. The number of hydrogen-bond donors (Lipinski definition) is 1. The molecule has 3 aromatic carbocycles. The standard InChI is InChI=1S/C34H35NO6/c1-21-30(34(37)41-18-17-22-9-6-5-7-10-22)31(26-11-8-12-29(39-3)33(26)40-4)32-27(35-21)19-24(20-28(32)36)23-13-15-25(38-2)16-14-23/h5-16,24,31,35H,17-20H2,1-4H3/t24-,31+/m0/s1. The van der Waals surface area contributed by atoms with Crippen molar-refractivity contribution in [3.05, 3.63) is 112 Å². The molecule has 212 valence electrons. The van der Waals surface area contributed by atoms with Gasteiger partial charge in [-0.1, -0.05) is 54.6 Å². The van der Waals surface area contributed by atoms with E-state index in [1.165, 1.54) is 0 Å². The first-order valence-electron chi connectivity index (χ1n) is 13.7. The summed E-state index contributed by atoms with van der Waals surface area (Å²) < 4.78 is 22.5. The topological polar surface area (TPSA) is 83.1 Å². The molecule has 0 fully saturated rings. The number of carbonyl (C=O) groups is 2. The minimum atomic E-state index is -0.662. The molecule has 0 amide bonds. The minimum Gasteiger partial charge on any atom is -0.497 e. The van der Waals surface area contributed by atoms with Crippen molar-refractivity contribution in [3.8, 4) is 17.2 Å². The predicted octanol–water partition coefficient (Wildman–Crippen LogP) is 5.86. The van der Waals surface area contributed by atoms with Crippen LogP contribution in [0.25, 0.3) is 0 Å². The molecule has 2 atom stereocenters. The highest BCUT2D eigenvalue weighted by atomic mass is 16.5. The van der Waals surface area contributed by atoms with E-state index in [9.17, 15) is 9.59 Å². The zero-order valence-corrected chi connectivity index (χ0v) is 23.9. The van der Waals surface area contributed by atoms with Gasteiger partial charge in [0.1, 0.15) is 5.75 Å². The number of dihydropyridines is 1. The Balaban J connectivity index is 1.52. The summed E-state index contributed by atoms with van der Waals surface area (Å²) in [6.07, 6.45) is 1.55. The molecule has 1 aliphatic carbocycles. The predicted molar refractivity (Wildman–Crippen MR) is 156 cm³/mol. The maximum Gasteiger partial charge on any atom is 0.336 e. The lowest BCUT2D eigenvalue weighted by Gasteiger charge is -2.37. The number of esters is 1. The maximum atomic E-state index is 14.0. The van der Waals surface area contributed by atoms with Gasteiger partial charge in [0, 0.05) is 35.4 Å². The van der Waals surface area contributed by atoms with E-state index >= 15 is 0 Å². The summed E-state index contributed by atoms with van der Waals surface area (Å²) in [5.74, 6) is 0.644. The van der Waals surface area contributed by atoms with Crippen LogP contribution in [0.2, 0.25) is 0 Å². The van der Waals surface area contributed by atoms with Crippen LogP contribution < -0.4 is 19.5 Å². The van der Waals surface area contributed by atoms with E-state index in [-0.39, 0.29) is 18.3 Å². The number of Topliss-reactive ketones (excluding diaryl/α,β-unsaturated/α-hetero) is 1. The molecule has 0 spiro atoms. The van der Waals surface area contributed by atoms with Crippen LogP contribution in [0.15, 0.2) is 95.3 Å². The van der Waals surface area contributed by atoms with Crippen molar-refractivity contribution in [2.45, 2.75) is 38.0 Å². The van der Waals surface area contributed by atoms with Gasteiger partial charge in [0.05, 0.1) is 39.4 Å².